The monoisotopic (exact) mass is 245 g/mol. The van der Waals surface area contributed by atoms with E-state index in [-0.39, 0.29) is 0 Å². The van der Waals surface area contributed by atoms with E-state index in [2.05, 4.69) is 43.9 Å². The Kier molecular flexibility index (Phi) is 4.56. The van der Waals surface area contributed by atoms with Crippen molar-refractivity contribution < 1.29 is 4.74 Å². The van der Waals surface area contributed by atoms with Gasteiger partial charge in [0.15, 0.2) is 0 Å². The maximum atomic E-state index is 5.47. The van der Waals surface area contributed by atoms with Gasteiger partial charge in [-0.1, -0.05) is 30.7 Å². The molecule has 2 heteroatoms. The molecule has 0 spiro atoms. The highest BCUT2D eigenvalue weighted by atomic mass is 16.5. The van der Waals surface area contributed by atoms with Crippen LogP contribution in [0.1, 0.15) is 49.4 Å². The first-order chi connectivity index (χ1) is 8.70. The van der Waals surface area contributed by atoms with Crippen molar-refractivity contribution in [3.63, 3.8) is 0 Å². The molecule has 0 radical (unpaired) electrons. The number of rotatable bonds is 6. The van der Waals surface area contributed by atoms with E-state index in [9.17, 15) is 0 Å². The van der Waals surface area contributed by atoms with E-state index in [0.29, 0.717) is 6.04 Å². The second-order valence-corrected chi connectivity index (χ2v) is 5.13. The second kappa shape index (κ2) is 6.17. The molecule has 0 aliphatic carbocycles. The quantitative estimate of drug-likeness (QED) is 0.771. The van der Waals surface area contributed by atoms with Crippen LogP contribution in [0.2, 0.25) is 0 Å². The van der Waals surface area contributed by atoms with Crippen molar-refractivity contribution in [1.82, 2.24) is 5.32 Å². The van der Waals surface area contributed by atoms with Crippen molar-refractivity contribution in [1.29, 1.82) is 0 Å². The molecule has 1 N–H and O–H groups in total. The summed E-state index contributed by atoms with van der Waals surface area (Å²) in [4.78, 5) is 0. The first-order valence-electron chi connectivity index (χ1n) is 6.78. The van der Waals surface area contributed by atoms with Gasteiger partial charge in [0.2, 0.25) is 0 Å². The third-order valence-electron chi connectivity index (χ3n) is 3.46. The molecule has 1 heterocycles. The Labute approximate surface area is 110 Å². The van der Waals surface area contributed by atoms with Gasteiger partial charge in [-0.05, 0) is 43.0 Å². The summed E-state index contributed by atoms with van der Waals surface area (Å²) in [6.07, 6.45) is 2.19. The van der Waals surface area contributed by atoms with E-state index in [1.165, 1.54) is 22.3 Å². The molecule has 1 unspecified atom stereocenters. The van der Waals surface area contributed by atoms with Gasteiger partial charge >= 0.3 is 0 Å². The number of allylic oxidation sites excluding steroid dienone is 1. The minimum atomic E-state index is 0.428. The zero-order valence-electron chi connectivity index (χ0n) is 11.5. The lowest BCUT2D eigenvalue weighted by molar-refractivity contribution is 0.134. The minimum absolute atomic E-state index is 0.428. The highest BCUT2D eigenvalue weighted by Crippen LogP contribution is 2.26. The fraction of sp³-hybridized carbons (Fsp3) is 0.500. The standard InChI is InChI=1S/C16H23NO/c1-4-17-16(8-5-12(2)3)13-6-7-14-10-18-11-15(14)9-13/h6-7,9,16-17H,2,4-5,8,10-11H2,1,3H3. The summed E-state index contributed by atoms with van der Waals surface area (Å²) >= 11 is 0. The zero-order valence-corrected chi connectivity index (χ0v) is 11.5. The van der Waals surface area contributed by atoms with Gasteiger partial charge in [0, 0.05) is 6.04 Å². The third-order valence-corrected chi connectivity index (χ3v) is 3.46. The number of benzene rings is 1. The first-order valence-corrected chi connectivity index (χ1v) is 6.78. The SMILES string of the molecule is C=C(C)CCC(NCC)c1ccc2c(c1)COC2. The summed E-state index contributed by atoms with van der Waals surface area (Å²) in [7, 11) is 0. The van der Waals surface area contributed by atoms with Crippen LogP contribution < -0.4 is 5.32 Å². The number of ether oxygens (including phenoxy) is 1. The van der Waals surface area contributed by atoms with Crippen molar-refractivity contribution in [2.45, 2.75) is 45.9 Å². The number of hydrogen-bond acceptors (Lipinski definition) is 2. The fourth-order valence-corrected chi connectivity index (χ4v) is 2.43. The largest absolute Gasteiger partial charge is 0.372 e. The van der Waals surface area contributed by atoms with Crippen LogP contribution >= 0.6 is 0 Å². The Morgan fingerprint density at radius 2 is 2.17 bits per heavy atom. The Balaban J connectivity index is 2.11. The average Bonchev–Trinajstić information content (AvgIpc) is 2.81. The maximum absolute atomic E-state index is 5.47. The molecule has 0 amide bonds. The van der Waals surface area contributed by atoms with Crippen molar-refractivity contribution in [3.8, 4) is 0 Å². The van der Waals surface area contributed by atoms with Gasteiger partial charge in [0.25, 0.3) is 0 Å². The van der Waals surface area contributed by atoms with E-state index in [4.69, 9.17) is 4.74 Å². The minimum Gasteiger partial charge on any atom is -0.372 e. The van der Waals surface area contributed by atoms with E-state index >= 15 is 0 Å². The van der Waals surface area contributed by atoms with E-state index < -0.39 is 0 Å². The summed E-state index contributed by atoms with van der Waals surface area (Å²) in [6, 6.07) is 7.17. The first kappa shape index (κ1) is 13.3. The van der Waals surface area contributed by atoms with Crippen LogP contribution in [0, 0.1) is 0 Å². The van der Waals surface area contributed by atoms with Gasteiger partial charge in [0.1, 0.15) is 0 Å². The summed E-state index contributed by atoms with van der Waals surface area (Å²) in [5, 5.41) is 3.56. The van der Waals surface area contributed by atoms with Gasteiger partial charge < -0.3 is 10.1 Å². The van der Waals surface area contributed by atoms with Gasteiger partial charge in [-0.2, -0.15) is 0 Å². The lowest BCUT2D eigenvalue weighted by Gasteiger charge is -2.19. The van der Waals surface area contributed by atoms with Gasteiger partial charge in [0.05, 0.1) is 13.2 Å². The molecule has 1 atom stereocenters. The van der Waals surface area contributed by atoms with Gasteiger partial charge in [-0.3, -0.25) is 0 Å². The molecular weight excluding hydrogens is 222 g/mol. The van der Waals surface area contributed by atoms with Crippen LogP contribution in [0.4, 0.5) is 0 Å². The normalized spacial score (nSPS) is 15.4. The van der Waals surface area contributed by atoms with Crippen LogP contribution in [0.3, 0.4) is 0 Å². The molecule has 0 bridgehead atoms. The molecule has 98 valence electrons. The van der Waals surface area contributed by atoms with Crippen molar-refractivity contribution in [3.05, 3.63) is 47.0 Å². The molecule has 1 aromatic rings. The number of hydrogen-bond donors (Lipinski definition) is 1. The molecule has 2 nitrogen and oxygen atoms in total. The highest BCUT2D eigenvalue weighted by Gasteiger charge is 2.15. The topological polar surface area (TPSA) is 21.3 Å². The third kappa shape index (κ3) is 3.21. The smallest absolute Gasteiger partial charge is 0.0725 e. The van der Waals surface area contributed by atoms with Crippen molar-refractivity contribution in [2.75, 3.05) is 6.54 Å². The average molecular weight is 245 g/mol. The molecule has 1 aromatic carbocycles. The summed E-state index contributed by atoms with van der Waals surface area (Å²) < 4.78 is 5.47. The van der Waals surface area contributed by atoms with Crippen LogP contribution in [0.25, 0.3) is 0 Å². The number of fused-ring (bicyclic) bond motifs is 1. The Bertz CT molecular complexity index is 425. The van der Waals surface area contributed by atoms with Crippen LogP contribution in [0.5, 0.6) is 0 Å². The molecule has 1 aliphatic heterocycles. The van der Waals surface area contributed by atoms with Crippen LogP contribution in [-0.4, -0.2) is 6.54 Å². The Hall–Kier alpha value is -1.12. The lowest BCUT2D eigenvalue weighted by Crippen LogP contribution is -2.21. The second-order valence-electron chi connectivity index (χ2n) is 5.13. The zero-order chi connectivity index (χ0) is 13.0. The molecule has 0 aromatic heterocycles. The van der Waals surface area contributed by atoms with E-state index in [1.807, 2.05) is 0 Å². The highest BCUT2D eigenvalue weighted by molar-refractivity contribution is 5.34. The summed E-state index contributed by atoms with van der Waals surface area (Å²) in [6.45, 7) is 10.8. The molecule has 2 rings (SSSR count). The van der Waals surface area contributed by atoms with Gasteiger partial charge in [-0.25, -0.2) is 0 Å². The number of nitrogens with one attached hydrogen (secondary N) is 1. The molecule has 1 aliphatic rings. The molecule has 18 heavy (non-hydrogen) atoms. The van der Waals surface area contributed by atoms with Gasteiger partial charge in [-0.15, -0.1) is 6.58 Å². The van der Waals surface area contributed by atoms with E-state index in [1.54, 1.807) is 0 Å². The van der Waals surface area contributed by atoms with E-state index in [0.717, 1.165) is 32.6 Å². The molecule has 0 saturated carbocycles. The summed E-state index contributed by atoms with van der Waals surface area (Å²) in [5.41, 5.74) is 5.32. The fourth-order valence-electron chi connectivity index (χ4n) is 2.43. The lowest BCUT2D eigenvalue weighted by atomic mass is 9.96. The van der Waals surface area contributed by atoms with Crippen molar-refractivity contribution in [2.24, 2.45) is 0 Å². The van der Waals surface area contributed by atoms with Crippen molar-refractivity contribution >= 4 is 0 Å². The Morgan fingerprint density at radius 3 is 2.89 bits per heavy atom. The molecule has 0 saturated heterocycles. The predicted molar refractivity (Wildman–Crippen MR) is 75.4 cm³/mol. The summed E-state index contributed by atoms with van der Waals surface area (Å²) in [5.74, 6) is 0. The maximum Gasteiger partial charge on any atom is 0.0725 e. The molecule has 0 fully saturated rings. The van der Waals surface area contributed by atoms with Crippen LogP contribution in [-0.2, 0) is 18.0 Å². The molecular formula is C16H23NO. The predicted octanol–water partition coefficient (Wildman–Crippen LogP) is 3.72. The Morgan fingerprint density at radius 1 is 1.39 bits per heavy atom. The van der Waals surface area contributed by atoms with Crippen LogP contribution in [0.15, 0.2) is 30.4 Å².